The van der Waals surface area contributed by atoms with Gasteiger partial charge in [-0.1, -0.05) is 44.9 Å². The Morgan fingerprint density at radius 1 is 0.971 bits per heavy atom. The largest absolute Gasteiger partial charge is 0.370 e. The van der Waals surface area contributed by atoms with Gasteiger partial charge < -0.3 is 20.1 Å². The molecule has 7 heteroatoms. The summed E-state index contributed by atoms with van der Waals surface area (Å²) in [5.74, 6) is 0.152. The lowest BCUT2D eigenvalue weighted by atomic mass is 10.0. The zero-order chi connectivity index (χ0) is 24.5. The normalized spacial score (nSPS) is 15.5. The van der Waals surface area contributed by atoms with Crippen molar-refractivity contribution in [1.82, 2.24) is 14.4 Å². The number of ketones is 1. The van der Waals surface area contributed by atoms with Gasteiger partial charge in [-0.05, 0) is 37.4 Å². The number of nitrogens with zero attached hydrogens (tertiary/aromatic N) is 3. The van der Waals surface area contributed by atoms with E-state index in [4.69, 9.17) is 5.73 Å². The van der Waals surface area contributed by atoms with Gasteiger partial charge in [0.2, 0.25) is 11.8 Å². The van der Waals surface area contributed by atoms with Crippen LogP contribution >= 0.6 is 0 Å². The highest BCUT2D eigenvalue weighted by Gasteiger charge is 2.29. The summed E-state index contributed by atoms with van der Waals surface area (Å²) >= 11 is 0. The molecule has 7 nitrogen and oxygen atoms in total. The molecule has 1 saturated heterocycles. The zero-order valence-electron chi connectivity index (χ0n) is 20.8. The molecule has 2 N–H and O–H groups in total. The van der Waals surface area contributed by atoms with Crippen molar-refractivity contribution in [2.45, 2.75) is 71.3 Å². The molecule has 1 aromatic heterocycles. The van der Waals surface area contributed by atoms with E-state index in [1.54, 1.807) is 0 Å². The van der Waals surface area contributed by atoms with E-state index in [1.807, 2.05) is 24.0 Å². The number of hydrogen-bond acceptors (Lipinski definition) is 4. The van der Waals surface area contributed by atoms with Gasteiger partial charge in [0.05, 0.1) is 0 Å². The average molecular weight is 469 g/mol. The van der Waals surface area contributed by atoms with Crippen molar-refractivity contribution < 1.29 is 14.4 Å². The highest BCUT2D eigenvalue weighted by molar-refractivity contribution is 5.88. The number of carbonyl (C=O) groups excluding carboxylic acids is 3. The molecule has 2 aromatic rings. The van der Waals surface area contributed by atoms with Gasteiger partial charge in [0.25, 0.3) is 0 Å². The number of rotatable bonds is 13. The summed E-state index contributed by atoms with van der Waals surface area (Å²) in [7, 11) is 0. The van der Waals surface area contributed by atoms with Crippen LogP contribution in [-0.2, 0) is 20.8 Å². The maximum Gasteiger partial charge on any atom is 0.245 e. The molecule has 2 amide bonds. The SMILES string of the molecule is CCC(=O)CCCCC[C@@H](C(=O)N1CCN(CC)CC1)n1cc(CCC(N)=O)c2ccccc21. The number of aromatic nitrogens is 1. The third-order valence-electron chi connectivity index (χ3n) is 7.04. The standard InChI is InChI=1S/C27H40N4O3/c1-3-22(32)10-6-5-7-13-25(27(34)30-18-16-29(4-2)17-19-30)31-20-21(14-15-26(28)33)23-11-8-9-12-24(23)31/h8-9,11-12,20,25H,3-7,10,13-19H2,1-2H3,(H2,28,33)/t25-/m0/s1. The van der Waals surface area contributed by atoms with Crippen molar-refractivity contribution in [2.75, 3.05) is 32.7 Å². The Hall–Kier alpha value is -2.67. The Bertz CT molecular complexity index is 975. The van der Waals surface area contributed by atoms with Crippen molar-refractivity contribution in [1.29, 1.82) is 0 Å². The third-order valence-corrected chi connectivity index (χ3v) is 7.04. The van der Waals surface area contributed by atoms with Crippen LogP contribution < -0.4 is 5.73 Å². The minimum absolute atomic E-state index is 0.169. The number of benzene rings is 1. The molecular formula is C27H40N4O3. The van der Waals surface area contributed by atoms with Gasteiger partial charge in [-0.25, -0.2) is 0 Å². The zero-order valence-corrected chi connectivity index (χ0v) is 20.8. The number of primary amides is 1. The number of fused-ring (bicyclic) bond motifs is 1. The van der Waals surface area contributed by atoms with E-state index < -0.39 is 0 Å². The van der Waals surface area contributed by atoms with Crippen LogP contribution in [0.4, 0.5) is 0 Å². The van der Waals surface area contributed by atoms with Gasteiger partial charge in [-0.2, -0.15) is 0 Å². The quantitative estimate of drug-likeness (QED) is 0.454. The van der Waals surface area contributed by atoms with Crippen LogP contribution in [-0.4, -0.2) is 64.7 Å². The average Bonchev–Trinajstić information content (AvgIpc) is 3.22. The number of amides is 2. The predicted octanol–water partition coefficient (Wildman–Crippen LogP) is 3.69. The maximum absolute atomic E-state index is 13.8. The van der Waals surface area contributed by atoms with Crippen molar-refractivity contribution >= 4 is 28.5 Å². The summed E-state index contributed by atoms with van der Waals surface area (Å²) in [4.78, 5) is 41.2. The van der Waals surface area contributed by atoms with Crippen LogP contribution in [0.15, 0.2) is 30.5 Å². The second-order valence-corrected chi connectivity index (χ2v) is 9.31. The number of Topliss-reactive ketones (excluding diaryl/α,β-unsaturated/α-hetero) is 1. The highest BCUT2D eigenvalue weighted by atomic mass is 16.2. The van der Waals surface area contributed by atoms with Crippen LogP contribution in [0.5, 0.6) is 0 Å². The van der Waals surface area contributed by atoms with E-state index in [0.29, 0.717) is 25.0 Å². The molecule has 186 valence electrons. The van der Waals surface area contributed by atoms with Crippen LogP contribution in [0.25, 0.3) is 10.9 Å². The van der Waals surface area contributed by atoms with E-state index in [9.17, 15) is 14.4 Å². The first-order chi connectivity index (χ1) is 16.4. The minimum atomic E-state index is -0.320. The fourth-order valence-electron chi connectivity index (χ4n) is 4.88. The Morgan fingerprint density at radius 3 is 2.38 bits per heavy atom. The second-order valence-electron chi connectivity index (χ2n) is 9.31. The molecule has 0 radical (unpaired) electrons. The summed E-state index contributed by atoms with van der Waals surface area (Å²) in [6.07, 6.45) is 7.57. The van der Waals surface area contributed by atoms with Crippen molar-refractivity contribution in [3.05, 3.63) is 36.0 Å². The van der Waals surface area contributed by atoms with Gasteiger partial charge in [0, 0.05) is 62.5 Å². The molecule has 0 aliphatic carbocycles. The predicted molar refractivity (Wildman–Crippen MR) is 136 cm³/mol. The lowest BCUT2D eigenvalue weighted by molar-refractivity contribution is -0.136. The maximum atomic E-state index is 13.8. The molecule has 0 saturated carbocycles. The smallest absolute Gasteiger partial charge is 0.245 e. The van der Waals surface area contributed by atoms with E-state index in [-0.39, 0.29) is 24.3 Å². The number of para-hydroxylation sites is 1. The van der Waals surface area contributed by atoms with E-state index in [2.05, 4.69) is 34.7 Å². The van der Waals surface area contributed by atoms with Crippen LogP contribution in [0.3, 0.4) is 0 Å². The van der Waals surface area contributed by atoms with Crippen LogP contribution in [0, 0.1) is 0 Å². The number of aryl methyl sites for hydroxylation is 1. The van der Waals surface area contributed by atoms with E-state index >= 15 is 0 Å². The van der Waals surface area contributed by atoms with Crippen molar-refractivity contribution in [3.63, 3.8) is 0 Å². The Labute approximate surface area is 203 Å². The molecule has 1 aliphatic heterocycles. The molecule has 2 heterocycles. The van der Waals surface area contributed by atoms with Crippen LogP contribution in [0.2, 0.25) is 0 Å². The highest BCUT2D eigenvalue weighted by Crippen LogP contribution is 2.30. The molecule has 0 bridgehead atoms. The van der Waals surface area contributed by atoms with Gasteiger partial charge >= 0.3 is 0 Å². The molecule has 1 aromatic carbocycles. The molecule has 1 fully saturated rings. The van der Waals surface area contributed by atoms with Crippen molar-refractivity contribution in [3.8, 4) is 0 Å². The van der Waals surface area contributed by atoms with E-state index in [1.165, 1.54) is 0 Å². The number of hydrogen-bond donors (Lipinski definition) is 1. The monoisotopic (exact) mass is 468 g/mol. The van der Waals surface area contributed by atoms with Gasteiger partial charge in [0.1, 0.15) is 11.8 Å². The topological polar surface area (TPSA) is 88.6 Å². The summed E-state index contributed by atoms with van der Waals surface area (Å²) in [5.41, 5.74) is 7.48. The lowest BCUT2D eigenvalue weighted by Gasteiger charge is -2.36. The molecule has 0 unspecified atom stereocenters. The number of nitrogens with two attached hydrogens (primary N) is 1. The van der Waals surface area contributed by atoms with Gasteiger partial charge in [0.15, 0.2) is 0 Å². The summed E-state index contributed by atoms with van der Waals surface area (Å²) in [6.45, 7) is 8.39. The summed E-state index contributed by atoms with van der Waals surface area (Å²) in [5, 5.41) is 1.07. The van der Waals surface area contributed by atoms with Crippen LogP contribution in [0.1, 0.15) is 70.4 Å². The van der Waals surface area contributed by atoms with Crippen molar-refractivity contribution in [2.24, 2.45) is 5.73 Å². The van der Waals surface area contributed by atoms with Gasteiger partial charge in [-0.15, -0.1) is 0 Å². The molecule has 1 atom stereocenters. The Morgan fingerprint density at radius 2 is 1.71 bits per heavy atom. The van der Waals surface area contributed by atoms with Gasteiger partial charge in [-0.3, -0.25) is 14.4 Å². The third kappa shape index (κ3) is 6.69. The minimum Gasteiger partial charge on any atom is -0.370 e. The Balaban J connectivity index is 1.82. The molecule has 1 aliphatic rings. The second kappa shape index (κ2) is 12.7. The lowest BCUT2D eigenvalue weighted by Crippen LogP contribution is -2.50. The number of piperazine rings is 1. The molecule has 34 heavy (non-hydrogen) atoms. The molecule has 3 rings (SSSR count). The van der Waals surface area contributed by atoms with E-state index in [0.717, 1.165) is 74.9 Å². The molecular weight excluding hydrogens is 428 g/mol. The number of likely N-dealkylation sites (N-methyl/N-ethyl adjacent to an activating group) is 1. The first-order valence-electron chi connectivity index (χ1n) is 12.8. The first kappa shape index (κ1) is 25.9. The molecule has 0 spiro atoms. The fraction of sp³-hybridized carbons (Fsp3) is 0.593. The summed E-state index contributed by atoms with van der Waals surface area (Å²) < 4.78 is 2.12. The summed E-state index contributed by atoms with van der Waals surface area (Å²) in [6, 6.07) is 7.81. The number of unbranched alkanes of at least 4 members (excludes halogenated alkanes) is 2. The first-order valence-corrected chi connectivity index (χ1v) is 12.8. The fourth-order valence-corrected chi connectivity index (χ4v) is 4.88. The number of carbonyl (C=O) groups is 3. The Kier molecular flexibility index (Phi) is 9.69.